The predicted molar refractivity (Wildman–Crippen MR) is 157 cm³/mol. The molecule has 0 saturated carbocycles. The monoisotopic (exact) mass is 553 g/mol. The summed E-state index contributed by atoms with van der Waals surface area (Å²) in [6.45, 7) is 8.81. The maximum atomic E-state index is 13.8. The van der Waals surface area contributed by atoms with E-state index in [-0.39, 0.29) is 17.5 Å². The number of thiocarbonyl (C=S) groups is 1. The molecule has 37 heavy (non-hydrogen) atoms. The van der Waals surface area contributed by atoms with E-state index >= 15 is 0 Å². The maximum Gasteiger partial charge on any atom is 0.267 e. The Labute approximate surface area is 230 Å². The lowest BCUT2D eigenvalue weighted by atomic mass is 10.2. The van der Waals surface area contributed by atoms with E-state index in [2.05, 4.69) is 15.9 Å². The van der Waals surface area contributed by atoms with Crippen LogP contribution in [0.4, 0.5) is 11.5 Å². The fourth-order valence-electron chi connectivity index (χ4n) is 4.69. The molecule has 2 aromatic heterocycles. The SMILES string of the molecule is CCC(C)N1C(=O)C(=Cc2c(N3CCN(c4cccc(Cl)c4)CC3)nc3c(C)cccn3c2=O)SC1=S. The van der Waals surface area contributed by atoms with Gasteiger partial charge >= 0.3 is 0 Å². The molecular formula is C27H28ClN5O2S2. The first-order chi connectivity index (χ1) is 17.8. The number of hydrogen-bond acceptors (Lipinski definition) is 7. The average Bonchev–Trinajstić information content (AvgIpc) is 3.18. The minimum absolute atomic E-state index is 0.00378. The van der Waals surface area contributed by atoms with Crippen molar-refractivity contribution >= 4 is 69.0 Å². The lowest BCUT2D eigenvalue weighted by molar-refractivity contribution is -0.123. The van der Waals surface area contributed by atoms with Crippen molar-refractivity contribution in [1.29, 1.82) is 0 Å². The number of fused-ring (bicyclic) bond motifs is 1. The Balaban J connectivity index is 1.55. The molecule has 0 bridgehead atoms. The topological polar surface area (TPSA) is 61.2 Å². The summed E-state index contributed by atoms with van der Waals surface area (Å²) in [5.74, 6) is 0.439. The Bertz CT molecular complexity index is 1480. The van der Waals surface area contributed by atoms with E-state index in [0.717, 1.165) is 30.8 Å². The molecule has 0 N–H and O–H groups in total. The molecule has 0 spiro atoms. The average molecular weight is 554 g/mol. The van der Waals surface area contributed by atoms with Crippen LogP contribution in [0.15, 0.2) is 52.3 Å². The highest BCUT2D eigenvalue weighted by atomic mass is 35.5. The Kier molecular flexibility index (Phi) is 7.29. The molecule has 10 heteroatoms. The first-order valence-electron chi connectivity index (χ1n) is 12.3. The summed E-state index contributed by atoms with van der Waals surface area (Å²) in [6.07, 6.45) is 4.20. The molecule has 2 aliphatic heterocycles. The van der Waals surface area contributed by atoms with Gasteiger partial charge in [-0.15, -0.1) is 0 Å². The first kappa shape index (κ1) is 25.8. The number of pyridine rings is 1. The number of benzene rings is 1. The van der Waals surface area contributed by atoms with Gasteiger partial charge in [0.25, 0.3) is 11.5 Å². The van der Waals surface area contributed by atoms with Crippen LogP contribution in [0.2, 0.25) is 5.02 Å². The second-order valence-electron chi connectivity index (χ2n) is 9.30. The van der Waals surface area contributed by atoms with Gasteiger partial charge < -0.3 is 9.80 Å². The van der Waals surface area contributed by atoms with E-state index in [1.165, 1.54) is 11.8 Å². The Morgan fingerprint density at radius 2 is 1.86 bits per heavy atom. The molecule has 3 aromatic rings. The van der Waals surface area contributed by atoms with E-state index in [9.17, 15) is 9.59 Å². The van der Waals surface area contributed by atoms with Gasteiger partial charge in [-0.25, -0.2) is 4.98 Å². The molecule has 7 nitrogen and oxygen atoms in total. The number of thioether (sulfide) groups is 1. The Morgan fingerprint density at radius 1 is 1.14 bits per heavy atom. The van der Waals surface area contributed by atoms with E-state index < -0.39 is 0 Å². The third kappa shape index (κ3) is 4.87. The highest BCUT2D eigenvalue weighted by Gasteiger charge is 2.35. The second-order valence-corrected chi connectivity index (χ2v) is 11.4. The molecule has 2 saturated heterocycles. The molecular weight excluding hydrogens is 526 g/mol. The van der Waals surface area contributed by atoms with E-state index in [0.29, 0.717) is 44.4 Å². The largest absolute Gasteiger partial charge is 0.368 e. The first-order valence-corrected chi connectivity index (χ1v) is 13.9. The number of carbonyl (C=O) groups excluding carboxylic acids is 1. The van der Waals surface area contributed by atoms with Crippen molar-refractivity contribution in [2.75, 3.05) is 36.0 Å². The standard InChI is InChI=1S/C27H28ClN5O2S2/c1-4-18(3)33-26(35)22(37-27(33)36)16-21-24(29-23-17(2)7-6-10-32(23)25(21)34)31-13-11-30(12-14-31)20-9-5-8-19(28)15-20/h5-10,15-16,18H,4,11-14H2,1-3H3. The fourth-order valence-corrected chi connectivity index (χ4v) is 6.32. The molecule has 1 unspecified atom stereocenters. The van der Waals surface area contributed by atoms with Gasteiger partial charge in [-0.1, -0.05) is 54.6 Å². The van der Waals surface area contributed by atoms with Crippen LogP contribution in [0.5, 0.6) is 0 Å². The minimum Gasteiger partial charge on any atom is -0.368 e. The lowest BCUT2D eigenvalue weighted by Gasteiger charge is -2.37. The summed E-state index contributed by atoms with van der Waals surface area (Å²) in [5, 5.41) is 0.705. The molecule has 192 valence electrons. The zero-order valence-corrected chi connectivity index (χ0v) is 23.4. The smallest absolute Gasteiger partial charge is 0.267 e. The van der Waals surface area contributed by atoms with E-state index in [1.807, 2.05) is 51.1 Å². The summed E-state index contributed by atoms with van der Waals surface area (Å²) < 4.78 is 2.08. The Morgan fingerprint density at radius 3 is 2.57 bits per heavy atom. The highest BCUT2D eigenvalue weighted by Crippen LogP contribution is 2.35. The van der Waals surface area contributed by atoms with Crippen LogP contribution in [-0.2, 0) is 4.79 Å². The van der Waals surface area contributed by atoms with Crippen molar-refractivity contribution in [1.82, 2.24) is 14.3 Å². The minimum atomic E-state index is -0.199. The van der Waals surface area contributed by atoms with E-state index in [4.69, 9.17) is 28.8 Å². The summed E-state index contributed by atoms with van der Waals surface area (Å²) in [5.41, 5.74) is 2.80. The number of anilines is 2. The van der Waals surface area contributed by atoms with Crippen molar-refractivity contribution in [3.8, 4) is 0 Å². The van der Waals surface area contributed by atoms with Gasteiger partial charge in [0.15, 0.2) is 0 Å². The van der Waals surface area contributed by atoms with Gasteiger partial charge in [0.05, 0.1) is 10.5 Å². The van der Waals surface area contributed by atoms with Crippen LogP contribution in [0, 0.1) is 6.92 Å². The number of hydrogen-bond donors (Lipinski definition) is 0. The quantitative estimate of drug-likeness (QED) is 0.326. The van der Waals surface area contributed by atoms with Crippen molar-refractivity contribution < 1.29 is 4.79 Å². The zero-order valence-electron chi connectivity index (χ0n) is 21.0. The van der Waals surface area contributed by atoms with Gasteiger partial charge in [-0.05, 0) is 56.2 Å². The number of halogens is 1. The molecule has 4 heterocycles. The highest BCUT2D eigenvalue weighted by molar-refractivity contribution is 8.26. The number of aromatic nitrogens is 2. The van der Waals surface area contributed by atoms with Gasteiger partial charge in [0.2, 0.25) is 0 Å². The molecule has 2 aliphatic rings. The number of nitrogens with zero attached hydrogens (tertiary/aromatic N) is 5. The molecule has 2 fully saturated rings. The van der Waals surface area contributed by atoms with Crippen LogP contribution in [-0.4, -0.2) is 56.7 Å². The van der Waals surface area contributed by atoms with Crippen molar-refractivity contribution in [2.24, 2.45) is 0 Å². The number of aryl methyl sites for hydroxylation is 1. The van der Waals surface area contributed by atoms with Gasteiger partial charge in [-0.3, -0.25) is 18.9 Å². The van der Waals surface area contributed by atoms with Crippen molar-refractivity contribution in [3.05, 3.63) is 74.0 Å². The normalized spacial score (nSPS) is 18.4. The number of rotatable bonds is 5. The molecule has 5 rings (SSSR count). The van der Waals surface area contributed by atoms with Crippen LogP contribution in [0.1, 0.15) is 31.4 Å². The molecule has 1 amide bonds. The van der Waals surface area contributed by atoms with E-state index in [1.54, 1.807) is 21.6 Å². The van der Waals surface area contributed by atoms with Crippen LogP contribution in [0.25, 0.3) is 11.7 Å². The summed E-state index contributed by atoms with van der Waals surface area (Å²) >= 11 is 13.0. The van der Waals surface area contributed by atoms with Gasteiger partial charge in [0.1, 0.15) is 15.8 Å². The van der Waals surface area contributed by atoms with Crippen molar-refractivity contribution in [2.45, 2.75) is 33.2 Å². The molecule has 1 aromatic carbocycles. The fraction of sp³-hybridized carbons (Fsp3) is 0.333. The molecule has 0 aliphatic carbocycles. The van der Waals surface area contributed by atoms with Gasteiger partial charge in [0, 0.05) is 49.1 Å². The Hall–Kier alpha value is -2.88. The second kappa shape index (κ2) is 10.5. The lowest BCUT2D eigenvalue weighted by Crippen LogP contribution is -2.47. The summed E-state index contributed by atoms with van der Waals surface area (Å²) in [6, 6.07) is 11.6. The predicted octanol–water partition coefficient (Wildman–Crippen LogP) is 4.98. The maximum absolute atomic E-state index is 13.8. The van der Waals surface area contributed by atoms with Crippen molar-refractivity contribution in [3.63, 3.8) is 0 Å². The number of piperazine rings is 1. The van der Waals surface area contributed by atoms with Crippen LogP contribution >= 0.6 is 35.6 Å². The third-order valence-corrected chi connectivity index (χ3v) is 8.51. The summed E-state index contributed by atoms with van der Waals surface area (Å²) in [7, 11) is 0. The molecule has 0 radical (unpaired) electrons. The van der Waals surface area contributed by atoms with Crippen LogP contribution in [0.3, 0.4) is 0 Å². The third-order valence-electron chi connectivity index (χ3n) is 6.95. The number of amides is 1. The van der Waals surface area contributed by atoms with Crippen LogP contribution < -0.4 is 15.4 Å². The molecule has 1 atom stereocenters. The van der Waals surface area contributed by atoms with Gasteiger partial charge in [-0.2, -0.15) is 0 Å². The summed E-state index contributed by atoms with van der Waals surface area (Å²) in [4.78, 5) is 38.5. The zero-order chi connectivity index (χ0) is 26.3. The number of carbonyl (C=O) groups is 1.